The Morgan fingerprint density at radius 1 is 1.32 bits per heavy atom. The second-order valence-corrected chi connectivity index (χ2v) is 6.05. The maximum absolute atomic E-state index is 12.5. The minimum atomic E-state index is -0.538. The summed E-state index contributed by atoms with van der Waals surface area (Å²) in [5.41, 5.74) is 8.27. The highest BCUT2D eigenvalue weighted by Crippen LogP contribution is 2.46. The number of anilines is 2. The van der Waals surface area contributed by atoms with Gasteiger partial charge in [-0.25, -0.2) is 9.59 Å². The number of rotatable bonds is 3. The Balaban J connectivity index is 2.24. The molecule has 0 bridgehead atoms. The van der Waals surface area contributed by atoms with Crippen molar-refractivity contribution >= 4 is 17.6 Å². The first-order valence-electron chi connectivity index (χ1n) is 7.94. The molecule has 0 saturated carbocycles. The Labute approximate surface area is 144 Å². The molecule has 1 aliphatic rings. The first kappa shape index (κ1) is 16.8. The molecule has 2 atom stereocenters. The van der Waals surface area contributed by atoms with E-state index in [1.54, 1.807) is 6.92 Å². The molecule has 4 N–H and O–H groups in total. The number of nitrogen functional groups attached to an aromatic ring is 1. The van der Waals surface area contributed by atoms with Crippen molar-refractivity contribution in [1.29, 1.82) is 0 Å². The zero-order valence-electron chi connectivity index (χ0n) is 14.3. The van der Waals surface area contributed by atoms with Crippen LogP contribution in [-0.2, 0) is 9.53 Å². The number of H-pyrrole nitrogens is 1. The van der Waals surface area contributed by atoms with Gasteiger partial charge in [-0.05, 0) is 18.4 Å². The number of hydrogen-bond acceptors (Lipinski definition) is 6. The van der Waals surface area contributed by atoms with Crippen molar-refractivity contribution in [2.75, 3.05) is 18.2 Å². The number of carbonyl (C=O) groups excluding carboxylic acids is 1. The van der Waals surface area contributed by atoms with Gasteiger partial charge in [-0.15, -0.1) is 0 Å². The lowest BCUT2D eigenvalue weighted by Gasteiger charge is -2.33. The lowest BCUT2D eigenvalue weighted by Crippen LogP contribution is -2.30. The van der Waals surface area contributed by atoms with E-state index in [0.717, 1.165) is 5.56 Å². The fraction of sp³-hybridized carbons (Fsp3) is 0.278. The average Bonchev–Trinajstić information content (AvgIpc) is 2.59. The number of nitrogens with two attached hydrogens (primary N) is 1. The molecule has 2 unspecified atom stereocenters. The van der Waals surface area contributed by atoms with E-state index in [2.05, 4.69) is 15.3 Å². The van der Waals surface area contributed by atoms with E-state index >= 15 is 0 Å². The van der Waals surface area contributed by atoms with Gasteiger partial charge in [-0.1, -0.05) is 37.3 Å². The van der Waals surface area contributed by atoms with Gasteiger partial charge in [0.2, 0.25) is 0 Å². The zero-order chi connectivity index (χ0) is 18.1. The van der Waals surface area contributed by atoms with Crippen LogP contribution in [0.4, 0.5) is 11.6 Å². The molecule has 1 aromatic carbocycles. The van der Waals surface area contributed by atoms with Gasteiger partial charge >= 0.3 is 11.7 Å². The van der Waals surface area contributed by atoms with Crippen LogP contribution in [-0.4, -0.2) is 23.0 Å². The molecule has 0 saturated heterocycles. The van der Waals surface area contributed by atoms with Gasteiger partial charge in [-0.3, -0.25) is 4.98 Å². The predicted octanol–water partition coefficient (Wildman–Crippen LogP) is 2.11. The number of nitrogens with one attached hydrogen (secondary N) is 2. The van der Waals surface area contributed by atoms with E-state index in [1.165, 1.54) is 7.11 Å². The van der Waals surface area contributed by atoms with Crippen LogP contribution < -0.4 is 16.7 Å². The van der Waals surface area contributed by atoms with Crippen LogP contribution in [0.5, 0.6) is 0 Å². The van der Waals surface area contributed by atoms with Gasteiger partial charge in [-0.2, -0.15) is 4.98 Å². The summed E-state index contributed by atoms with van der Waals surface area (Å²) in [6.45, 7) is 3.77. The summed E-state index contributed by atoms with van der Waals surface area (Å²) in [7, 11) is 1.34. The Kier molecular flexibility index (Phi) is 4.31. The molecule has 25 heavy (non-hydrogen) atoms. The summed E-state index contributed by atoms with van der Waals surface area (Å²) in [5.74, 6) is -0.339. The third kappa shape index (κ3) is 2.88. The minimum Gasteiger partial charge on any atom is -0.466 e. The van der Waals surface area contributed by atoms with E-state index in [0.29, 0.717) is 22.7 Å². The summed E-state index contributed by atoms with van der Waals surface area (Å²) in [5, 5.41) is 3.01. The number of nitrogens with zero attached hydrogens (tertiary/aromatic N) is 1. The van der Waals surface area contributed by atoms with Gasteiger partial charge in [0.05, 0.1) is 12.7 Å². The molecule has 1 aliphatic heterocycles. The quantitative estimate of drug-likeness (QED) is 0.738. The Hall–Kier alpha value is -3.09. The number of ether oxygens (including phenoxy) is 1. The fourth-order valence-electron chi connectivity index (χ4n) is 3.37. The third-order valence-corrected chi connectivity index (χ3v) is 4.56. The van der Waals surface area contributed by atoms with E-state index in [-0.39, 0.29) is 11.7 Å². The standard InChI is InChI=1S/C18H20N4O3/c1-9(11-7-5-4-6-8-11)12-13(17(23)25-3)10(2)20-16-14(12)15(19)21-18(24)22-16/h4-9,12H,1-3H3,(H4,19,20,21,22,24). The molecular formula is C18H20N4O3. The van der Waals surface area contributed by atoms with Gasteiger partial charge in [0.15, 0.2) is 0 Å². The van der Waals surface area contributed by atoms with Crippen LogP contribution in [0.1, 0.15) is 36.8 Å². The highest BCUT2D eigenvalue weighted by atomic mass is 16.5. The summed E-state index contributed by atoms with van der Waals surface area (Å²) in [4.78, 5) is 30.7. The van der Waals surface area contributed by atoms with Crippen molar-refractivity contribution in [2.45, 2.75) is 25.7 Å². The highest BCUT2D eigenvalue weighted by Gasteiger charge is 2.38. The van der Waals surface area contributed by atoms with Crippen LogP contribution in [0.2, 0.25) is 0 Å². The highest BCUT2D eigenvalue weighted by molar-refractivity contribution is 5.94. The third-order valence-electron chi connectivity index (χ3n) is 4.56. The molecule has 130 valence electrons. The van der Waals surface area contributed by atoms with Crippen LogP contribution in [0, 0.1) is 0 Å². The number of aromatic nitrogens is 2. The molecular weight excluding hydrogens is 320 g/mol. The fourth-order valence-corrected chi connectivity index (χ4v) is 3.37. The molecule has 3 rings (SSSR count). The van der Waals surface area contributed by atoms with Gasteiger partial charge in [0, 0.05) is 17.2 Å². The number of allylic oxidation sites excluding steroid dienone is 1. The van der Waals surface area contributed by atoms with Gasteiger partial charge < -0.3 is 15.8 Å². The topological polar surface area (TPSA) is 110 Å². The monoisotopic (exact) mass is 340 g/mol. The van der Waals surface area contributed by atoms with Crippen LogP contribution in [0.15, 0.2) is 46.4 Å². The SMILES string of the molecule is COC(=O)C1=C(C)Nc2nc(=O)[nH]c(N)c2C1C(C)c1ccccc1. The normalized spacial score (nSPS) is 17.5. The lowest BCUT2D eigenvalue weighted by atomic mass is 9.76. The average molecular weight is 340 g/mol. The molecule has 0 aliphatic carbocycles. The number of esters is 1. The van der Waals surface area contributed by atoms with Crippen molar-refractivity contribution < 1.29 is 9.53 Å². The number of carbonyl (C=O) groups is 1. The van der Waals surface area contributed by atoms with E-state index in [9.17, 15) is 9.59 Å². The van der Waals surface area contributed by atoms with Crippen LogP contribution in [0.25, 0.3) is 0 Å². The Morgan fingerprint density at radius 2 is 2.00 bits per heavy atom. The Morgan fingerprint density at radius 3 is 2.64 bits per heavy atom. The molecule has 2 heterocycles. The first-order valence-corrected chi connectivity index (χ1v) is 7.94. The predicted molar refractivity (Wildman–Crippen MR) is 95.2 cm³/mol. The second kappa shape index (κ2) is 6.43. The summed E-state index contributed by atoms with van der Waals surface area (Å²) < 4.78 is 4.99. The summed E-state index contributed by atoms with van der Waals surface area (Å²) in [6, 6.07) is 9.80. The lowest BCUT2D eigenvalue weighted by molar-refractivity contribution is -0.136. The molecule has 0 radical (unpaired) electrons. The van der Waals surface area contributed by atoms with E-state index in [4.69, 9.17) is 10.5 Å². The van der Waals surface area contributed by atoms with E-state index in [1.807, 2.05) is 37.3 Å². The Bertz CT molecular complexity index is 902. The first-order chi connectivity index (χ1) is 11.9. The summed E-state index contributed by atoms with van der Waals surface area (Å²) in [6.07, 6.45) is 0. The maximum Gasteiger partial charge on any atom is 0.348 e. The van der Waals surface area contributed by atoms with Crippen LogP contribution >= 0.6 is 0 Å². The summed E-state index contributed by atoms with van der Waals surface area (Å²) >= 11 is 0. The van der Waals surface area contributed by atoms with Crippen molar-refractivity contribution in [1.82, 2.24) is 9.97 Å². The van der Waals surface area contributed by atoms with Gasteiger partial charge in [0.1, 0.15) is 11.6 Å². The number of methoxy groups -OCH3 is 1. The smallest absolute Gasteiger partial charge is 0.348 e. The minimum absolute atomic E-state index is 0.0823. The zero-order valence-corrected chi connectivity index (χ0v) is 14.3. The molecule has 0 spiro atoms. The van der Waals surface area contributed by atoms with Crippen molar-refractivity contribution in [2.24, 2.45) is 0 Å². The molecule has 0 fully saturated rings. The molecule has 7 heteroatoms. The van der Waals surface area contributed by atoms with Gasteiger partial charge in [0.25, 0.3) is 0 Å². The maximum atomic E-state index is 12.5. The number of hydrogen-bond donors (Lipinski definition) is 3. The van der Waals surface area contributed by atoms with Crippen molar-refractivity contribution in [3.05, 3.63) is 63.2 Å². The van der Waals surface area contributed by atoms with Crippen molar-refractivity contribution in [3.8, 4) is 0 Å². The molecule has 1 aromatic heterocycles. The van der Waals surface area contributed by atoms with Crippen LogP contribution in [0.3, 0.4) is 0 Å². The number of aromatic amines is 1. The molecule has 7 nitrogen and oxygen atoms in total. The van der Waals surface area contributed by atoms with E-state index < -0.39 is 17.6 Å². The number of benzene rings is 1. The molecule has 2 aromatic rings. The number of fused-ring (bicyclic) bond motifs is 1. The second-order valence-electron chi connectivity index (χ2n) is 6.05. The van der Waals surface area contributed by atoms with Crippen molar-refractivity contribution in [3.63, 3.8) is 0 Å². The largest absolute Gasteiger partial charge is 0.466 e. The molecule has 0 amide bonds.